The third-order valence-corrected chi connectivity index (χ3v) is 5.92. The van der Waals surface area contributed by atoms with Crippen LogP contribution in [0.3, 0.4) is 0 Å². The number of hydrogen-bond acceptors (Lipinski definition) is 7. The van der Waals surface area contributed by atoms with Crippen LogP contribution < -0.4 is 20.6 Å². The van der Waals surface area contributed by atoms with E-state index >= 15 is 0 Å². The maximum absolute atomic E-state index is 13.0. The molecule has 1 saturated heterocycles. The van der Waals surface area contributed by atoms with Gasteiger partial charge in [0, 0.05) is 49.4 Å². The molecule has 1 aromatic heterocycles. The minimum Gasteiger partial charge on any atom is -0.497 e. The van der Waals surface area contributed by atoms with Gasteiger partial charge in [0.25, 0.3) is 0 Å². The number of para-hydroxylation sites is 1. The lowest BCUT2D eigenvalue weighted by molar-refractivity contribution is -0.137. The van der Waals surface area contributed by atoms with Crippen LogP contribution in [-0.2, 0) is 16.0 Å². The van der Waals surface area contributed by atoms with Gasteiger partial charge < -0.3 is 29.4 Å². The minimum absolute atomic E-state index is 0.139. The molecule has 0 radical (unpaired) electrons. The van der Waals surface area contributed by atoms with Crippen molar-refractivity contribution in [1.82, 2.24) is 10.2 Å². The molecule has 9 nitrogen and oxygen atoms in total. The van der Waals surface area contributed by atoms with Crippen LogP contribution in [0, 0.1) is 0 Å². The smallest absolute Gasteiger partial charge is 0.336 e. The van der Waals surface area contributed by atoms with Crippen molar-refractivity contribution in [3.05, 3.63) is 70.6 Å². The quantitative estimate of drug-likeness (QED) is 0.504. The summed E-state index contributed by atoms with van der Waals surface area (Å²) >= 11 is 0. The molecule has 0 saturated carbocycles. The fourth-order valence-corrected chi connectivity index (χ4v) is 4.13. The number of hydrogen-bond donors (Lipinski definition) is 2. The van der Waals surface area contributed by atoms with Crippen molar-refractivity contribution >= 4 is 28.5 Å². The Morgan fingerprint density at radius 1 is 1.09 bits per heavy atom. The topological polar surface area (TPSA) is 112 Å². The third-order valence-electron chi connectivity index (χ3n) is 5.92. The van der Waals surface area contributed by atoms with Crippen molar-refractivity contribution in [1.29, 1.82) is 0 Å². The van der Waals surface area contributed by atoms with Gasteiger partial charge in [0.05, 0.1) is 20.1 Å². The van der Waals surface area contributed by atoms with Crippen LogP contribution in [0.1, 0.15) is 5.56 Å². The number of aliphatic hydroxyl groups excluding tert-OH is 1. The number of carbonyl (C=O) groups excluding carboxylic acids is 2. The molecular formula is C25H27N3O6. The highest BCUT2D eigenvalue weighted by atomic mass is 16.5. The average molecular weight is 466 g/mol. The first-order valence-corrected chi connectivity index (χ1v) is 11.1. The molecule has 2 N–H and O–H groups in total. The van der Waals surface area contributed by atoms with Gasteiger partial charge in [-0.25, -0.2) is 4.79 Å². The molecule has 1 atom stereocenters. The van der Waals surface area contributed by atoms with Gasteiger partial charge in [-0.3, -0.25) is 9.59 Å². The van der Waals surface area contributed by atoms with E-state index in [9.17, 15) is 19.5 Å². The standard InChI is InChI=1S/C25H27N3O6/c1-33-19-7-8-20-17(14-24(31)34-22(20)15-19)13-23(30)26-21(16-29)25(32)28-11-9-27(10-12-28)18-5-3-2-4-6-18/h2-8,14-15,21,29H,9-13,16H2,1H3,(H,26,30). The van der Waals surface area contributed by atoms with Gasteiger partial charge in [0.1, 0.15) is 17.4 Å². The molecule has 1 fully saturated rings. The van der Waals surface area contributed by atoms with E-state index in [1.807, 2.05) is 30.3 Å². The fraction of sp³-hybridized carbons (Fsp3) is 0.320. The van der Waals surface area contributed by atoms with Crippen molar-refractivity contribution in [3.63, 3.8) is 0 Å². The Labute approximate surface area is 196 Å². The molecule has 4 rings (SSSR count). The van der Waals surface area contributed by atoms with Crippen molar-refractivity contribution < 1.29 is 23.8 Å². The summed E-state index contributed by atoms with van der Waals surface area (Å²) in [6, 6.07) is 15.2. The molecule has 1 unspecified atom stereocenters. The predicted molar refractivity (Wildman–Crippen MR) is 127 cm³/mol. The number of nitrogens with zero attached hydrogens (tertiary/aromatic N) is 2. The Bertz CT molecular complexity index is 1220. The van der Waals surface area contributed by atoms with E-state index in [4.69, 9.17) is 9.15 Å². The molecule has 2 heterocycles. The number of methoxy groups -OCH3 is 1. The summed E-state index contributed by atoms with van der Waals surface area (Å²) in [5, 5.41) is 13.0. The molecule has 2 amide bonds. The maximum Gasteiger partial charge on any atom is 0.336 e. The largest absolute Gasteiger partial charge is 0.497 e. The van der Waals surface area contributed by atoms with Gasteiger partial charge in [-0.2, -0.15) is 0 Å². The molecule has 1 aliphatic rings. The highest BCUT2D eigenvalue weighted by Crippen LogP contribution is 2.23. The van der Waals surface area contributed by atoms with Crippen molar-refractivity contribution in [3.8, 4) is 5.75 Å². The second-order valence-electron chi connectivity index (χ2n) is 8.08. The molecule has 2 aromatic carbocycles. The number of fused-ring (bicyclic) bond motifs is 1. The van der Waals surface area contributed by atoms with Crippen LogP contribution in [-0.4, -0.2) is 67.8 Å². The molecule has 0 aliphatic carbocycles. The predicted octanol–water partition coefficient (Wildman–Crippen LogP) is 1.17. The molecule has 1 aliphatic heterocycles. The number of rotatable bonds is 7. The number of amides is 2. The number of carbonyl (C=O) groups is 2. The molecular weight excluding hydrogens is 438 g/mol. The van der Waals surface area contributed by atoms with Gasteiger partial charge in [-0.1, -0.05) is 18.2 Å². The summed E-state index contributed by atoms with van der Waals surface area (Å²) in [6.07, 6.45) is -0.139. The van der Waals surface area contributed by atoms with Crippen LogP contribution in [0.15, 0.2) is 63.8 Å². The van der Waals surface area contributed by atoms with Gasteiger partial charge in [0.15, 0.2) is 0 Å². The van der Waals surface area contributed by atoms with E-state index in [2.05, 4.69) is 10.2 Å². The van der Waals surface area contributed by atoms with Crippen LogP contribution in [0.2, 0.25) is 0 Å². The monoisotopic (exact) mass is 465 g/mol. The van der Waals surface area contributed by atoms with E-state index < -0.39 is 24.2 Å². The number of piperazine rings is 1. The lowest BCUT2D eigenvalue weighted by Gasteiger charge is -2.37. The van der Waals surface area contributed by atoms with E-state index in [1.54, 1.807) is 23.1 Å². The molecule has 9 heteroatoms. The lowest BCUT2D eigenvalue weighted by Crippen LogP contribution is -2.56. The van der Waals surface area contributed by atoms with Crippen molar-refractivity contribution in [2.24, 2.45) is 0 Å². The zero-order valence-corrected chi connectivity index (χ0v) is 18.9. The summed E-state index contributed by atoms with van der Waals surface area (Å²) in [7, 11) is 1.50. The van der Waals surface area contributed by atoms with Gasteiger partial charge in [-0.05, 0) is 29.8 Å². The van der Waals surface area contributed by atoms with Gasteiger partial charge in [-0.15, -0.1) is 0 Å². The first-order chi connectivity index (χ1) is 16.5. The SMILES string of the molecule is COc1ccc2c(CC(=O)NC(CO)C(=O)N3CCN(c4ccccc4)CC3)cc(=O)oc2c1. The Morgan fingerprint density at radius 2 is 1.82 bits per heavy atom. The van der Waals surface area contributed by atoms with Gasteiger partial charge >= 0.3 is 5.63 Å². The molecule has 3 aromatic rings. The number of nitrogens with one attached hydrogen (secondary N) is 1. The first kappa shape index (κ1) is 23.3. The minimum atomic E-state index is -1.05. The zero-order chi connectivity index (χ0) is 24.1. The van der Waals surface area contributed by atoms with Crippen molar-refractivity contribution in [2.45, 2.75) is 12.5 Å². The summed E-state index contributed by atoms with van der Waals surface area (Å²) in [5.41, 5.74) is 1.28. The van der Waals surface area contributed by atoms with Crippen LogP contribution in [0.4, 0.5) is 5.69 Å². The highest BCUT2D eigenvalue weighted by molar-refractivity contribution is 5.91. The van der Waals surface area contributed by atoms with E-state index in [1.165, 1.54) is 13.2 Å². The average Bonchev–Trinajstić information content (AvgIpc) is 2.87. The molecule has 178 valence electrons. The molecule has 0 spiro atoms. The van der Waals surface area contributed by atoms with E-state index in [0.717, 1.165) is 5.69 Å². The number of benzene rings is 2. The van der Waals surface area contributed by atoms with E-state index in [-0.39, 0.29) is 12.3 Å². The normalized spacial score (nSPS) is 14.6. The Hall–Kier alpha value is -3.85. The van der Waals surface area contributed by atoms with Crippen LogP contribution >= 0.6 is 0 Å². The Balaban J connectivity index is 1.39. The summed E-state index contributed by atoms with van der Waals surface area (Å²) < 4.78 is 10.4. The summed E-state index contributed by atoms with van der Waals surface area (Å²) in [5.74, 6) is -0.278. The maximum atomic E-state index is 13.0. The lowest BCUT2D eigenvalue weighted by atomic mass is 10.1. The van der Waals surface area contributed by atoms with Gasteiger partial charge in [0.2, 0.25) is 11.8 Å². The number of anilines is 1. The third kappa shape index (κ3) is 5.20. The Kier molecular flexibility index (Phi) is 7.12. The zero-order valence-electron chi connectivity index (χ0n) is 18.9. The van der Waals surface area contributed by atoms with Crippen molar-refractivity contribution in [2.75, 3.05) is 44.8 Å². The number of aliphatic hydroxyl groups is 1. The molecule has 34 heavy (non-hydrogen) atoms. The van der Waals surface area contributed by atoms with Crippen LogP contribution in [0.25, 0.3) is 11.0 Å². The number of ether oxygens (including phenoxy) is 1. The van der Waals surface area contributed by atoms with E-state index in [0.29, 0.717) is 48.5 Å². The summed E-state index contributed by atoms with van der Waals surface area (Å²) in [6.45, 7) is 1.80. The molecule has 0 bridgehead atoms. The Morgan fingerprint density at radius 3 is 2.50 bits per heavy atom. The second-order valence-corrected chi connectivity index (χ2v) is 8.08. The van der Waals surface area contributed by atoms with Crippen LogP contribution in [0.5, 0.6) is 5.75 Å². The first-order valence-electron chi connectivity index (χ1n) is 11.1. The summed E-state index contributed by atoms with van der Waals surface area (Å²) in [4.78, 5) is 41.5. The highest BCUT2D eigenvalue weighted by Gasteiger charge is 2.28. The second kappa shape index (κ2) is 10.4. The fourth-order valence-electron chi connectivity index (χ4n) is 4.13.